The van der Waals surface area contributed by atoms with Gasteiger partial charge in [-0.25, -0.2) is 0 Å². The molecule has 6 aromatic carbocycles. The van der Waals surface area contributed by atoms with Crippen LogP contribution in [-0.2, 0) is 0 Å². The monoisotopic (exact) mass is 734 g/mol. The molecule has 0 nitrogen and oxygen atoms in total. The lowest BCUT2D eigenvalue weighted by Crippen LogP contribution is -1.82. The van der Waals surface area contributed by atoms with Gasteiger partial charge in [0.2, 0.25) is 0 Å². The molecule has 0 N–H and O–H groups in total. The van der Waals surface area contributed by atoms with Crippen LogP contribution in [0.5, 0.6) is 0 Å². The lowest BCUT2D eigenvalue weighted by atomic mass is 9.97. The van der Waals surface area contributed by atoms with Gasteiger partial charge in [0.05, 0.1) is 0 Å². The SMILES string of the molecule is c1ccc(-c2ccc(-c3ccc(-c4ccc5cc(-c6ccc7cc(-c8ccc(-c9ccc(-c%10ccccc%10)s9)s8)ccc7c6)ccc5c4)s3)s2)cc1. The number of benzene rings is 6. The van der Waals surface area contributed by atoms with Crippen LogP contribution in [-0.4, -0.2) is 0 Å². The number of thiophene rings is 4. The molecule has 0 fully saturated rings. The molecular weight excluding hydrogens is 705 g/mol. The number of fused-ring (bicyclic) bond motifs is 2. The summed E-state index contributed by atoms with van der Waals surface area (Å²) in [7, 11) is 0. The Bertz CT molecular complexity index is 2650. The highest BCUT2D eigenvalue weighted by molar-refractivity contribution is 7.25. The van der Waals surface area contributed by atoms with Crippen molar-refractivity contribution in [3.63, 3.8) is 0 Å². The maximum Gasteiger partial charge on any atom is 0.0449 e. The van der Waals surface area contributed by atoms with Crippen LogP contribution < -0.4 is 0 Å². The average molecular weight is 735 g/mol. The first-order valence-corrected chi connectivity index (χ1v) is 20.6. The van der Waals surface area contributed by atoms with E-state index in [4.69, 9.17) is 0 Å². The van der Waals surface area contributed by atoms with E-state index < -0.39 is 0 Å². The van der Waals surface area contributed by atoms with E-state index in [1.54, 1.807) is 0 Å². The summed E-state index contributed by atoms with van der Waals surface area (Å²) >= 11 is 7.46. The Balaban J connectivity index is 0.871. The minimum atomic E-state index is 1.24. The summed E-state index contributed by atoms with van der Waals surface area (Å²) in [5, 5.41) is 5.04. The van der Waals surface area contributed by atoms with Crippen LogP contribution in [0.2, 0.25) is 0 Å². The molecule has 0 atom stereocenters. The van der Waals surface area contributed by atoms with Crippen molar-refractivity contribution in [2.75, 3.05) is 0 Å². The van der Waals surface area contributed by atoms with Crippen molar-refractivity contribution in [3.05, 3.63) is 182 Å². The first kappa shape index (κ1) is 31.4. The van der Waals surface area contributed by atoms with Crippen molar-refractivity contribution in [2.45, 2.75) is 0 Å². The summed E-state index contributed by atoms with van der Waals surface area (Å²) in [5.41, 5.74) is 7.57. The first-order chi connectivity index (χ1) is 25.7. The summed E-state index contributed by atoms with van der Waals surface area (Å²) in [5.74, 6) is 0. The largest absolute Gasteiger partial charge is 0.134 e. The molecule has 0 radical (unpaired) electrons. The van der Waals surface area contributed by atoms with Crippen LogP contribution in [0.1, 0.15) is 0 Å². The first-order valence-electron chi connectivity index (χ1n) is 17.3. The van der Waals surface area contributed by atoms with Crippen LogP contribution in [0.3, 0.4) is 0 Å². The maximum absolute atomic E-state index is 2.33. The molecular formula is C48H30S4. The van der Waals surface area contributed by atoms with Gasteiger partial charge >= 0.3 is 0 Å². The fraction of sp³-hybridized carbons (Fsp3) is 0. The van der Waals surface area contributed by atoms with Crippen molar-refractivity contribution >= 4 is 66.9 Å². The predicted molar refractivity (Wildman–Crippen MR) is 231 cm³/mol. The minimum Gasteiger partial charge on any atom is -0.134 e. The zero-order valence-corrected chi connectivity index (χ0v) is 31.2. The molecule has 0 amide bonds. The van der Waals surface area contributed by atoms with Gasteiger partial charge in [0.1, 0.15) is 0 Å². The van der Waals surface area contributed by atoms with Gasteiger partial charge in [-0.15, -0.1) is 45.3 Å². The third-order valence-corrected chi connectivity index (χ3v) is 14.5. The number of rotatable bonds is 7. The van der Waals surface area contributed by atoms with Gasteiger partial charge in [-0.2, -0.15) is 0 Å². The van der Waals surface area contributed by atoms with Gasteiger partial charge in [0.25, 0.3) is 0 Å². The molecule has 4 aromatic heterocycles. The Morgan fingerprint density at radius 3 is 0.808 bits per heavy atom. The van der Waals surface area contributed by atoms with Gasteiger partial charge in [0.15, 0.2) is 0 Å². The molecule has 0 spiro atoms. The molecule has 0 bridgehead atoms. The second-order valence-electron chi connectivity index (χ2n) is 12.9. The van der Waals surface area contributed by atoms with Gasteiger partial charge in [0, 0.05) is 39.0 Å². The maximum atomic E-state index is 2.33. The van der Waals surface area contributed by atoms with E-state index in [9.17, 15) is 0 Å². The molecule has 0 unspecified atom stereocenters. The second-order valence-corrected chi connectivity index (χ2v) is 17.3. The van der Waals surface area contributed by atoms with E-state index in [-0.39, 0.29) is 0 Å². The lowest BCUT2D eigenvalue weighted by Gasteiger charge is -2.08. The standard InChI is InChI=1S/C48H30S4/c1-3-7-31(8-4-1)41-19-23-45(49-41)47-25-21-43(51-47)39-17-15-35-27-33(11-13-37(35)29-39)34-12-14-38-30-40(18-16-36(38)28-34)44-22-26-48(52-44)46-24-20-42(50-46)32-9-5-2-6-10-32/h1-30H. The fourth-order valence-corrected chi connectivity index (χ4v) is 11.1. The van der Waals surface area contributed by atoms with Crippen molar-refractivity contribution in [1.29, 1.82) is 0 Å². The molecule has 0 saturated carbocycles. The third kappa shape index (κ3) is 6.04. The van der Waals surface area contributed by atoms with E-state index in [1.807, 2.05) is 45.3 Å². The summed E-state index contributed by atoms with van der Waals surface area (Å²) in [6.07, 6.45) is 0. The van der Waals surface area contributed by atoms with Gasteiger partial charge in [-0.3, -0.25) is 0 Å². The average Bonchev–Trinajstić information content (AvgIpc) is 4.05. The van der Waals surface area contributed by atoms with E-state index in [0.29, 0.717) is 0 Å². The van der Waals surface area contributed by atoms with Crippen molar-refractivity contribution in [3.8, 4) is 72.4 Å². The molecule has 0 aliphatic carbocycles. The molecule has 0 aliphatic heterocycles. The van der Waals surface area contributed by atoms with Gasteiger partial charge in [-0.1, -0.05) is 109 Å². The quantitative estimate of drug-likeness (QED) is 0.153. The predicted octanol–water partition coefficient (Wildman–Crippen LogP) is 15.9. The highest BCUT2D eigenvalue weighted by Crippen LogP contribution is 2.43. The Hall–Kier alpha value is -5.36. The second kappa shape index (κ2) is 13.3. The van der Waals surface area contributed by atoms with Gasteiger partial charge in [-0.05, 0) is 128 Å². The lowest BCUT2D eigenvalue weighted by molar-refractivity contribution is 1.67. The van der Waals surface area contributed by atoms with Crippen LogP contribution >= 0.6 is 45.3 Å². The van der Waals surface area contributed by atoms with Crippen LogP contribution in [0.25, 0.3) is 93.9 Å². The molecule has 52 heavy (non-hydrogen) atoms. The van der Waals surface area contributed by atoms with Gasteiger partial charge < -0.3 is 0 Å². The van der Waals surface area contributed by atoms with E-state index >= 15 is 0 Å². The van der Waals surface area contributed by atoms with Crippen molar-refractivity contribution in [1.82, 2.24) is 0 Å². The summed E-state index contributed by atoms with van der Waals surface area (Å²) in [6.45, 7) is 0. The fourth-order valence-electron chi connectivity index (χ4n) is 6.86. The Morgan fingerprint density at radius 2 is 0.462 bits per heavy atom. The summed E-state index contributed by atoms with van der Waals surface area (Å²) in [4.78, 5) is 10.5. The van der Waals surface area contributed by atoms with E-state index in [0.717, 1.165) is 0 Å². The Morgan fingerprint density at radius 1 is 0.192 bits per heavy atom. The Labute approximate surface area is 319 Å². The molecule has 10 aromatic rings. The summed E-state index contributed by atoms with van der Waals surface area (Å²) in [6, 6.07) is 66.8. The number of hydrogen-bond donors (Lipinski definition) is 0. The van der Waals surface area contributed by atoms with E-state index in [1.165, 1.54) is 93.9 Å². The van der Waals surface area contributed by atoms with Crippen molar-refractivity contribution in [2.24, 2.45) is 0 Å². The third-order valence-electron chi connectivity index (χ3n) is 9.61. The zero-order valence-electron chi connectivity index (χ0n) is 28.0. The smallest absolute Gasteiger partial charge is 0.0449 e. The zero-order chi connectivity index (χ0) is 34.4. The molecule has 0 aliphatic rings. The van der Waals surface area contributed by atoms with Crippen LogP contribution in [0, 0.1) is 0 Å². The minimum absolute atomic E-state index is 1.24. The summed E-state index contributed by atoms with van der Waals surface area (Å²) < 4.78 is 0. The van der Waals surface area contributed by atoms with Crippen molar-refractivity contribution < 1.29 is 0 Å². The molecule has 246 valence electrons. The molecule has 4 heterocycles. The van der Waals surface area contributed by atoms with Crippen LogP contribution in [0.15, 0.2) is 182 Å². The molecule has 0 saturated heterocycles. The van der Waals surface area contributed by atoms with Crippen LogP contribution in [0.4, 0.5) is 0 Å². The highest BCUT2D eigenvalue weighted by Gasteiger charge is 2.12. The Kier molecular flexibility index (Phi) is 8.04. The normalized spacial score (nSPS) is 11.5. The molecule has 10 rings (SSSR count). The molecule has 4 heteroatoms. The van der Waals surface area contributed by atoms with E-state index in [2.05, 4.69) is 182 Å². The topological polar surface area (TPSA) is 0 Å². The number of hydrogen-bond acceptors (Lipinski definition) is 4. The highest BCUT2D eigenvalue weighted by atomic mass is 32.1.